The summed E-state index contributed by atoms with van der Waals surface area (Å²) in [4.78, 5) is 37.7. The maximum atomic E-state index is 12.5. The summed E-state index contributed by atoms with van der Waals surface area (Å²) < 4.78 is 11.3. The Hall–Kier alpha value is -1.55. The molecule has 1 aliphatic heterocycles. The Labute approximate surface area is 164 Å². The fourth-order valence-corrected chi connectivity index (χ4v) is 3.82. The number of amides is 2. The Balaban J connectivity index is 2.22. The summed E-state index contributed by atoms with van der Waals surface area (Å²) in [5.41, 5.74) is 0.780. The molecule has 0 unspecified atom stereocenters. The van der Waals surface area contributed by atoms with Gasteiger partial charge in [-0.15, -0.1) is 0 Å². The molecule has 2 amide bonds. The zero-order valence-electron chi connectivity index (χ0n) is 14.1. The average Bonchev–Trinajstić information content (AvgIpc) is 2.83. The molecule has 1 aromatic rings. The molecule has 0 N–H and O–H groups in total. The topological polar surface area (TPSA) is 72.9 Å². The van der Waals surface area contributed by atoms with Crippen molar-refractivity contribution in [1.82, 2.24) is 4.90 Å². The van der Waals surface area contributed by atoms with Crippen molar-refractivity contribution in [2.75, 3.05) is 13.2 Å². The first-order valence-corrected chi connectivity index (χ1v) is 9.64. The summed E-state index contributed by atoms with van der Waals surface area (Å²) in [6, 6.07) is 4.56. The fraction of sp³-hybridized carbons (Fsp3) is 0.353. The number of halogens is 1. The van der Waals surface area contributed by atoms with E-state index in [0.29, 0.717) is 6.61 Å². The second-order valence-electron chi connectivity index (χ2n) is 5.10. The number of carbonyl (C=O) groups excluding carboxylic acids is 3. The molecule has 0 bridgehead atoms. The Bertz CT molecular complexity index is 734. The van der Waals surface area contributed by atoms with E-state index < -0.39 is 23.2 Å². The molecule has 1 atom stereocenters. The zero-order valence-corrected chi connectivity index (χ0v) is 17.0. The highest BCUT2D eigenvalue weighted by atomic mass is 127. The van der Waals surface area contributed by atoms with Gasteiger partial charge in [0, 0.05) is 0 Å². The van der Waals surface area contributed by atoms with Gasteiger partial charge >= 0.3 is 5.97 Å². The second kappa shape index (κ2) is 8.70. The number of esters is 1. The first-order valence-electron chi connectivity index (χ1n) is 7.75. The number of rotatable bonds is 6. The van der Waals surface area contributed by atoms with Gasteiger partial charge in [-0.2, -0.15) is 0 Å². The van der Waals surface area contributed by atoms with Gasteiger partial charge in [0.1, 0.15) is 11.8 Å². The summed E-state index contributed by atoms with van der Waals surface area (Å²) >= 11 is 2.97. The van der Waals surface area contributed by atoms with Crippen molar-refractivity contribution in [3.63, 3.8) is 0 Å². The molecule has 0 aromatic heterocycles. The number of ether oxygens (including phenoxy) is 2. The molecule has 25 heavy (non-hydrogen) atoms. The van der Waals surface area contributed by atoms with Crippen LogP contribution in [0, 0.1) is 3.57 Å². The van der Waals surface area contributed by atoms with E-state index >= 15 is 0 Å². The van der Waals surface area contributed by atoms with Gasteiger partial charge in [-0.1, -0.05) is 6.07 Å². The van der Waals surface area contributed by atoms with Crippen LogP contribution in [0.15, 0.2) is 23.1 Å². The van der Waals surface area contributed by atoms with Gasteiger partial charge in [0.2, 0.25) is 0 Å². The lowest BCUT2D eigenvalue weighted by Crippen LogP contribution is -2.42. The molecular weight excluding hydrogens is 457 g/mol. The van der Waals surface area contributed by atoms with E-state index in [-0.39, 0.29) is 11.5 Å². The van der Waals surface area contributed by atoms with E-state index in [1.807, 2.05) is 25.1 Å². The lowest BCUT2D eigenvalue weighted by molar-refractivity contribution is -0.150. The Morgan fingerprint density at radius 1 is 1.32 bits per heavy atom. The molecule has 1 aromatic carbocycles. The predicted molar refractivity (Wildman–Crippen MR) is 104 cm³/mol. The minimum absolute atomic E-state index is 0.194. The molecule has 1 aliphatic rings. The van der Waals surface area contributed by atoms with Crippen LogP contribution in [-0.2, 0) is 14.3 Å². The van der Waals surface area contributed by atoms with Crippen LogP contribution in [0.1, 0.15) is 26.3 Å². The van der Waals surface area contributed by atoms with Crippen LogP contribution in [-0.4, -0.2) is 41.3 Å². The molecule has 1 fully saturated rings. The number of benzene rings is 1. The third kappa shape index (κ3) is 4.55. The summed E-state index contributed by atoms with van der Waals surface area (Å²) in [5.74, 6) is -0.314. The summed E-state index contributed by atoms with van der Waals surface area (Å²) in [6.07, 6.45) is 1.64. The highest BCUT2D eigenvalue weighted by Gasteiger charge is 2.41. The minimum atomic E-state index is -0.946. The van der Waals surface area contributed by atoms with Crippen molar-refractivity contribution < 1.29 is 23.9 Å². The van der Waals surface area contributed by atoms with Crippen LogP contribution in [0.5, 0.6) is 5.75 Å². The Morgan fingerprint density at radius 3 is 2.64 bits per heavy atom. The lowest BCUT2D eigenvalue weighted by atomic mass is 10.2. The summed E-state index contributed by atoms with van der Waals surface area (Å²) in [7, 11) is 0. The van der Waals surface area contributed by atoms with Gasteiger partial charge in [-0.3, -0.25) is 14.5 Å². The largest absolute Gasteiger partial charge is 0.493 e. The minimum Gasteiger partial charge on any atom is -0.493 e. The molecule has 0 aliphatic carbocycles. The third-order valence-corrected chi connectivity index (χ3v) is 5.12. The lowest BCUT2D eigenvalue weighted by Gasteiger charge is -2.19. The smallest absolute Gasteiger partial charge is 0.329 e. The first-order chi connectivity index (χ1) is 11.9. The maximum absolute atomic E-state index is 12.5. The van der Waals surface area contributed by atoms with Crippen LogP contribution in [0.3, 0.4) is 0 Å². The molecule has 134 valence electrons. The van der Waals surface area contributed by atoms with Crippen molar-refractivity contribution in [1.29, 1.82) is 0 Å². The molecule has 1 heterocycles. The fourth-order valence-electron chi connectivity index (χ4n) is 2.21. The number of nitrogens with zero attached hydrogens (tertiary/aromatic N) is 1. The van der Waals surface area contributed by atoms with Crippen LogP contribution in [0.25, 0.3) is 6.08 Å². The highest BCUT2D eigenvalue weighted by Crippen LogP contribution is 2.34. The SMILES string of the molecule is CCOC(=O)[C@@H](C)N1C(=O)S/C(=C/c2ccc(OCC)c(I)c2)C1=O. The first kappa shape index (κ1) is 19.8. The van der Waals surface area contributed by atoms with Crippen LogP contribution in [0.4, 0.5) is 4.79 Å². The molecular formula is C17H18INO5S. The number of thioether (sulfide) groups is 1. The van der Waals surface area contributed by atoms with Crippen LogP contribution in [0.2, 0.25) is 0 Å². The van der Waals surface area contributed by atoms with Crippen molar-refractivity contribution in [3.05, 3.63) is 32.2 Å². The van der Waals surface area contributed by atoms with Gasteiger partial charge in [0.25, 0.3) is 11.1 Å². The van der Waals surface area contributed by atoms with Crippen molar-refractivity contribution in [3.8, 4) is 5.75 Å². The van der Waals surface area contributed by atoms with E-state index in [2.05, 4.69) is 22.6 Å². The molecule has 0 radical (unpaired) electrons. The monoisotopic (exact) mass is 475 g/mol. The Kier molecular flexibility index (Phi) is 6.88. The maximum Gasteiger partial charge on any atom is 0.329 e. The summed E-state index contributed by atoms with van der Waals surface area (Å²) in [6.45, 7) is 5.83. The number of carbonyl (C=O) groups is 3. The number of imide groups is 1. The third-order valence-electron chi connectivity index (χ3n) is 3.39. The van der Waals surface area contributed by atoms with E-state index in [9.17, 15) is 14.4 Å². The van der Waals surface area contributed by atoms with Crippen molar-refractivity contribution in [2.45, 2.75) is 26.8 Å². The molecule has 1 saturated heterocycles. The standard InChI is InChI=1S/C17H18INO5S/c1-4-23-13-7-6-11(8-12(13)18)9-14-15(20)19(17(22)25-14)10(3)16(21)24-5-2/h6-10H,4-5H2,1-3H3/b14-9+/t10-/m1/s1. The molecule has 6 nitrogen and oxygen atoms in total. The van der Waals surface area contributed by atoms with E-state index in [1.165, 1.54) is 6.92 Å². The van der Waals surface area contributed by atoms with E-state index in [4.69, 9.17) is 9.47 Å². The van der Waals surface area contributed by atoms with Crippen molar-refractivity contribution in [2.24, 2.45) is 0 Å². The van der Waals surface area contributed by atoms with E-state index in [0.717, 1.165) is 31.5 Å². The quantitative estimate of drug-likeness (QED) is 0.355. The molecule has 0 saturated carbocycles. The number of hydrogen-bond acceptors (Lipinski definition) is 6. The summed E-state index contributed by atoms with van der Waals surface area (Å²) in [5, 5.41) is -0.475. The second-order valence-corrected chi connectivity index (χ2v) is 7.26. The van der Waals surface area contributed by atoms with E-state index in [1.54, 1.807) is 13.0 Å². The van der Waals surface area contributed by atoms with Crippen LogP contribution >= 0.6 is 34.4 Å². The van der Waals surface area contributed by atoms with Crippen LogP contribution < -0.4 is 4.74 Å². The molecule has 0 spiro atoms. The normalized spacial score (nSPS) is 17.1. The molecule has 8 heteroatoms. The Morgan fingerprint density at radius 2 is 2.04 bits per heavy atom. The van der Waals surface area contributed by atoms with Crippen molar-refractivity contribution >= 4 is 57.5 Å². The van der Waals surface area contributed by atoms with Gasteiger partial charge in [0.15, 0.2) is 0 Å². The highest BCUT2D eigenvalue weighted by molar-refractivity contribution is 14.1. The predicted octanol–water partition coefficient (Wildman–Crippen LogP) is 3.68. The number of hydrogen-bond donors (Lipinski definition) is 0. The van der Waals surface area contributed by atoms with Gasteiger partial charge in [0.05, 0.1) is 21.7 Å². The van der Waals surface area contributed by atoms with Gasteiger partial charge in [-0.05, 0) is 78.9 Å². The average molecular weight is 475 g/mol. The zero-order chi connectivity index (χ0) is 18.6. The molecule has 2 rings (SSSR count). The van der Waals surface area contributed by atoms with Gasteiger partial charge in [-0.25, -0.2) is 4.79 Å². The van der Waals surface area contributed by atoms with Gasteiger partial charge < -0.3 is 9.47 Å².